The molecule has 1 saturated heterocycles. The smallest absolute Gasteiger partial charge is 0.417 e. The number of hydrogen-bond donors (Lipinski definition) is 0. The predicted octanol–water partition coefficient (Wildman–Crippen LogP) is 4.23. The third kappa shape index (κ3) is 4.70. The Balaban J connectivity index is 2.01. The average molecular weight is 368 g/mol. The maximum atomic E-state index is 12.9. The molecule has 0 bridgehead atoms. The van der Waals surface area contributed by atoms with Crippen LogP contribution in [0.2, 0.25) is 5.02 Å². The Morgan fingerprint density at radius 2 is 2.22 bits per heavy atom. The molecule has 0 spiro atoms. The molecule has 0 aliphatic carbocycles. The molecule has 1 fully saturated rings. The number of benzene rings is 1. The van der Waals surface area contributed by atoms with Crippen LogP contribution in [-0.2, 0) is 15.7 Å². The van der Waals surface area contributed by atoms with Crippen molar-refractivity contribution in [3.05, 3.63) is 28.8 Å². The van der Waals surface area contributed by atoms with Crippen molar-refractivity contribution >= 4 is 35.0 Å². The molecule has 1 atom stereocenters. The SMILES string of the molecule is CCOC(=O)CSC1CCN(c2cccc(C(F)(F)F)c2Cl)C1. The van der Waals surface area contributed by atoms with E-state index >= 15 is 0 Å². The number of halogens is 4. The van der Waals surface area contributed by atoms with Crippen LogP contribution >= 0.6 is 23.4 Å². The Kier molecular flexibility index (Phi) is 6.08. The summed E-state index contributed by atoms with van der Waals surface area (Å²) in [5, 5.41) is -0.0962. The first kappa shape index (κ1) is 18.3. The molecule has 1 aliphatic heterocycles. The van der Waals surface area contributed by atoms with E-state index in [0.29, 0.717) is 25.4 Å². The molecule has 8 heteroatoms. The Labute approximate surface area is 142 Å². The van der Waals surface area contributed by atoms with E-state index in [2.05, 4.69) is 0 Å². The van der Waals surface area contributed by atoms with Crippen molar-refractivity contribution in [3.63, 3.8) is 0 Å². The zero-order valence-electron chi connectivity index (χ0n) is 12.5. The molecule has 0 aromatic heterocycles. The van der Waals surface area contributed by atoms with Gasteiger partial charge in [-0.15, -0.1) is 11.8 Å². The number of esters is 1. The summed E-state index contributed by atoms with van der Waals surface area (Å²) in [6, 6.07) is 3.94. The van der Waals surface area contributed by atoms with Gasteiger partial charge in [0.05, 0.1) is 28.6 Å². The van der Waals surface area contributed by atoms with Crippen molar-refractivity contribution in [1.29, 1.82) is 0 Å². The van der Waals surface area contributed by atoms with Gasteiger partial charge in [-0.05, 0) is 25.5 Å². The van der Waals surface area contributed by atoms with E-state index in [4.69, 9.17) is 16.3 Å². The van der Waals surface area contributed by atoms with Crippen molar-refractivity contribution in [2.45, 2.75) is 24.8 Å². The Morgan fingerprint density at radius 1 is 1.48 bits per heavy atom. The molecule has 0 N–H and O–H groups in total. The second-order valence-electron chi connectivity index (χ2n) is 5.11. The molecule has 2 rings (SSSR count). The Hall–Kier alpha value is -1.08. The van der Waals surface area contributed by atoms with E-state index in [-0.39, 0.29) is 22.0 Å². The molecule has 3 nitrogen and oxygen atoms in total. The summed E-state index contributed by atoms with van der Waals surface area (Å²) < 4.78 is 43.6. The lowest BCUT2D eigenvalue weighted by Gasteiger charge is -2.22. The summed E-state index contributed by atoms with van der Waals surface area (Å²) in [4.78, 5) is 13.2. The van der Waals surface area contributed by atoms with Crippen molar-refractivity contribution < 1.29 is 22.7 Å². The molecule has 1 unspecified atom stereocenters. The summed E-state index contributed by atoms with van der Waals surface area (Å²) in [6.07, 6.45) is -3.68. The molecule has 128 valence electrons. The number of carbonyl (C=O) groups excluding carboxylic acids is 1. The van der Waals surface area contributed by atoms with Gasteiger partial charge < -0.3 is 9.64 Å². The first-order valence-electron chi connectivity index (χ1n) is 7.20. The molecular formula is C15H17ClF3NO2S. The summed E-state index contributed by atoms with van der Waals surface area (Å²) in [7, 11) is 0. The maximum absolute atomic E-state index is 12.9. The minimum absolute atomic E-state index is 0.171. The highest BCUT2D eigenvalue weighted by Gasteiger charge is 2.35. The monoisotopic (exact) mass is 367 g/mol. The highest BCUT2D eigenvalue weighted by molar-refractivity contribution is 8.00. The first-order valence-corrected chi connectivity index (χ1v) is 8.63. The zero-order valence-corrected chi connectivity index (χ0v) is 14.1. The summed E-state index contributed by atoms with van der Waals surface area (Å²) in [5.41, 5.74) is -0.431. The summed E-state index contributed by atoms with van der Waals surface area (Å²) in [6.45, 7) is 3.26. The number of ether oxygens (including phenoxy) is 1. The Morgan fingerprint density at radius 3 is 2.87 bits per heavy atom. The molecule has 1 aliphatic rings. The number of thioether (sulfide) groups is 1. The normalized spacial score (nSPS) is 18.3. The van der Waals surface area contributed by atoms with Gasteiger partial charge in [0.1, 0.15) is 0 Å². The third-order valence-electron chi connectivity index (χ3n) is 3.51. The minimum Gasteiger partial charge on any atom is -0.465 e. The van der Waals surface area contributed by atoms with E-state index in [1.54, 1.807) is 13.0 Å². The van der Waals surface area contributed by atoms with Gasteiger partial charge in [-0.3, -0.25) is 4.79 Å². The van der Waals surface area contributed by atoms with Crippen LogP contribution in [0.1, 0.15) is 18.9 Å². The quantitative estimate of drug-likeness (QED) is 0.728. The van der Waals surface area contributed by atoms with Gasteiger partial charge in [-0.25, -0.2) is 0 Å². The lowest BCUT2D eigenvalue weighted by molar-refractivity contribution is -0.140. The number of nitrogens with zero attached hydrogens (tertiary/aromatic N) is 1. The van der Waals surface area contributed by atoms with Gasteiger partial charge in [-0.2, -0.15) is 13.2 Å². The second kappa shape index (κ2) is 7.66. The molecule has 1 aromatic carbocycles. The molecular weight excluding hydrogens is 351 g/mol. The Bertz CT molecular complexity index is 568. The molecule has 0 amide bonds. The molecule has 1 aromatic rings. The molecule has 0 saturated carbocycles. The number of hydrogen-bond acceptors (Lipinski definition) is 4. The van der Waals surface area contributed by atoms with Crippen LogP contribution < -0.4 is 4.90 Å². The van der Waals surface area contributed by atoms with Gasteiger partial charge in [-0.1, -0.05) is 17.7 Å². The van der Waals surface area contributed by atoms with Crippen molar-refractivity contribution in [2.75, 3.05) is 30.3 Å². The van der Waals surface area contributed by atoms with Crippen LogP contribution in [0, 0.1) is 0 Å². The van der Waals surface area contributed by atoms with Crippen LogP contribution in [0.5, 0.6) is 0 Å². The standard InChI is InChI=1S/C15H17ClF3NO2S/c1-2-22-13(21)9-23-10-6-7-20(8-10)12-5-3-4-11(14(12)16)15(17,18)19/h3-5,10H,2,6-9H2,1H3. The van der Waals surface area contributed by atoms with E-state index < -0.39 is 11.7 Å². The number of rotatable bonds is 5. The highest BCUT2D eigenvalue weighted by atomic mass is 35.5. The lowest BCUT2D eigenvalue weighted by Crippen LogP contribution is -2.22. The van der Waals surface area contributed by atoms with Crippen LogP contribution in [0.25, 0.3) is 0 Å². The van der Waals surface area contributed by atoms with E-state index in [1.807, 2.05) is 4.90 Å². The highest BCUT2D eigenvalue weighted by Crippen LogP contribution is 2.40. The fourth-order valence-corrected chi connectivity index (χ4v) is 3.82. The third-order valence-corrected chi connectivity index (χ3v) is 5.17. The summed E-state index contributed by atoms with van der Waals surface area (Å²) in [5.74, 6) is -0.0177. The van der Waals surface area contributed by atoms with E-state index in [9.17, 15) is 18.0 Å². The summed E-state index contributed by atoms with van der Waals surface area (Å²) >= 11 is 7.41. The number of anilines is 1. The first-order chi connectivity index (χ1) is 10.8. The van der Waals surface area contributed by atoms with Crippen LogP contribution in [-0.4, -0.2) is 36.7 Å². The van der Waals surface area contributed by atoms with Crippen LogP contribution in [0.4, 0.5) is 18.9 Å². The minimum atomic E-state index is -4.47. The fourth-order valence-electron chi connectivity index (χ4n) is 2.45. The topological polar surface area (TPSA) is 29.5 Å². The van der Waals surface area contributed by atoms with Gasteiger partial charge in [0.2, 0.25) is 0 Å². The van der Waals surface area contributed by atoms with Crippen molar-refractivity contribution in [2.24, 2.45) is 0 Å². The van der Waals surface area contributed by atoms with E-state index in [0.717, 1.165) is 12.5 Å². The lowest BCUT2D eigenvalue weighted by atomic mass is 10.2. The average Bonchev–Trinajstić information content (AvgIpc) is 2.93. The molecule has 23 heavy (non-hydrogen) atoms. The number of alkyl halides is 3. The van der Waals surface area contributed by atoms with Crippen LogP contribution in [0.3, 0.4) is 0 Å². The maximum Gasteiger partial charge on any atom is 0.417 e. The van der Waals surface area contributed by atoms with E-state index in [1.165, 1.54) is 17.8 Å². The largest absolute Gasteiger partial charge is 0.465 e. The van der Waals surface area contributed by atoms with Crippen LogP contribution in [0.15, 0.2) is 18.2 Å². The fraction of sp³-hybridized carbons (Fsp3) is 0.533. The molecule has 0 radical (unpaired) electrons. The molecule has 1 heterocycles. The van der Waals surface area contributed by atoms with Crippen molar-refractivity contribution in [3.8, 4) is 0 Å². The van der Waals surface area contributed by atoms with Gasteiger partial charge >= 0.3 is 12.1 Å². The van der Waals surface area contributed by atoms with Gasteiger partial charge in [0.15, 0.2) is 0 Å². The number of carbonyl (C=O) groups is 1. The van der Waals surface area contributed by atoms with Gasteiger partial charge in [0, 0.05) is 18.3 Å². The van der Waals surface area contributed by atoms with Gasteiger partial charge in [0.25, 0.3) is 0 Å². The van der Waals surface area contributed by atoms with Crippen molar-refractivity contribution in [1.82, 2.24) is 0 Å². The second-order valence-corrected chi connectivity index (χ2v) is 6.78. The zero-order chi connectivity index (χ0) is 17.0. The predicted molar refractivity (Wildman–Crippen MR) is 86.2 cm³/mol.